The summed E-state index contributed by atoms with van der Waals surface area (Å²) < 4.78 is 1.82. The first-order valence-corrected chi connectivity index (χ1v) is 9.25. The van der Waals surface area contributed by atoms with Gasteiger partial charge in [-0.2, -0.15) is 5.10 Å². The molecule has 0 fully saturated rings. The maximum atomic E-state index is 12.4. The summed E-state index contributed by atoms with van der Waals surface area (Å²) in [5, 5.41) is 8.19. The first-order chi connectivity index (χ1) is 12.3. The van der Waals surface area contributed by atoms with Crippen LogP contribution in [0.15, 0.2) is 43.0 Å². The molecule has 1 atom stereocenters. The molecule has 4 rings (SSSR count). The van der Waals surface area contributed by atoms with Crippen LogP contribution in [0.2, 0.25) is 0 Å². The van der Waals surface area contributed by atoms with Gasteiger partial charge in [-0.25, -0.2) is 4.98 Å². The van der Waals surface area contributed by atoms with Crippen molar-refractivity contribution in [1.29, 1.82) is 0 Å². The molecule has 3 aromatic rings. The summed E-state index contributed by atoms with van der Waals surface area (Å²) in [7, 11) is 0. The molecule has 0 bridgehead atoms. The van der Waals surface area contributed by atoms with Gasteiger partial charge >= 0.3 is 0 Å². The van der Waals surface area contributed by atoms with E-state index in [1.165, 1.54) is 4.88 Å². The first kappa shape index (κ1) is 16.0. The number of nitrogens with one attached hydrogen (secondary N) is 1. The monoisotopic (exact) mass is 353 g/mol. The maximum absolute atomic E-state index is 12.4. The Kier molecular flexibility index (Phi) is 4.56. The first-order valence-electron chi connectivity index (χ1n) is 8.44. The van der Waals surface area contributed by atoms with E-state index in [2.05, 4.69) is 15.4 Å². The van der Waals surface area contributed by atoms with Crippen LogP contribution in [-0.4, -0.2) is 32.2 Å². The normalized spacial score (nSPS) is 16.4. The lowest BCUT2D eigenvalue weighted by Gasteiger charge is -2.20. The van der Waals surface area contributed by atoms with Gasteiger partial charge in [0.15, 0.2) is 0 Å². The molecule has 7 heteroatoms. The zero-order valence-corrected chi connectivity index (χ0v) is 14.6. The van der Waals surface area contributed by atoms with E-state index in [4.69, 9.17) is 4.98 Å². The lowest BCUT2D eigenvalue weighted by Crippen LogP contribution is -2.35. The highest BCUT2D eigenvalue weighted by atomic mass is 32.1. The average molecular weight is 353 g/mol. The predicted octanol–water partition coefficient (Wildman–Crippen LogP) is 2.32. The second kappa shape index (κ2) is 7.14. The molecule has 3 heterocycles. The summed E-state index contributed by atoms with van der Waals surface area (Å²) in [6, 6.07) is 5.83. The van der Waals surface area contributed by atoms with E-state index in [9.17, 15) is 4.79 Å². The number of hydrogen-bond acceptors (Lipinski definition) is 5. The third kappa shape index (κ3) is 3.61. The number of carbonyl (C=O) groups is 1. The smallest absolute Gasteiger partial charge is 0.223 e. The topological polar surface area (TPSA) is 72.7 Å². The quantitative estimate of drug-likeness (QED) is 0.764. The van der Waals surface area contributed by atoms with Gasteiger partial charge in [-0.05, 0) is 31.0 Å². The van der Waals surface area contributed by atoms with E-state index in [0.29, 0.717) is 13.1 Å². The van der Waals surface area contributed by atoms with Crippen molar-refractivity contribution in [3.05, 3.63) is 53.6 Å². The lowest BCUT2D eigenvalue weighted by atomic mass is 9.90. The Hall–Kier alpha value is -2.54. The Bertz CT molecular complexity index is 844. The van der Waals surface area contributed by atoms with Crippen molar-refractivity contribution < 1.29 is 4.79 Å². The number of fused-ring (bicyclic) bond motifs is 1. The van der Waals surface area contributed by atoms with Crippen molar-refractivity contribution in [1.82, 2.24) is 25.1 Å². The largest absolute Gasteiger partial charge is 0.354 e. The Morgan fingerprint density at radius 1 is 1.32 bits per heavy atom. The molecule has 0 radical (unpaired) electrons. The van der Waals surface area contributed by atoms with Gasteiger partial charge in [-0.1, -0.05) is 0 Å². The number of amides is 1. The van der Waals surface area contributed by atoms with Gasteiger partial charge in [0.05, 0.1) is 12.2 Å². The molecule has 25 heavy (non-hydrogen) atoms. The highest BCUT2D eigenvalue weighted by Crippen LogP contribution is 2.34. The molecular formula is C18H19N5OS. The van der Waals surface area contributed by atoms with E-state index in [1.807, 2.05) is 29.1 Å². The summed E-state index contributed by atoms with van der Waals surface area (Å²) in [6.07, 6.45) is 9.75. The summed E-state index contributed by atoms with van der Waals surface area (Å²) in [5.41, 5.74) is 2.17. The zero-order valence-electron chi connectivity index (χ0n) is 13.8. The Balaban J connectivity index is 1.37. The van der Waals surface area contributed by atoms with Crippen LogP contribution in [0.5, 0.6) is 0 Å². The number of thiazole rings is 1. The van der Waals surface area contributed by atoms with Gasteiger partial charge in [-0.15, -0.1) is 11.3 Å². The number of rotatable bonds is 5. The maximum Gasteiger partial charge on any atom is 0.223 e. The van der Waals surface area contributed by atoms with E-state index in [-0.39, 0.29) is 11.8 Å². The molecule has 1 N–H and O–H groups in total. The third-order valence-electron chi connectivity index (χ3n) is 4.44. The molecule has 1 unspecified atom stereocenters. The minimum Gasteiger partial charge on any atom is -0.354 e. The second-order valence-electron chi connectivity index (χ2n) is 6.12. The van der Waals surface area contributed by atoms with Gasteiger partial charge in [-0.3, -0.25) is 14.5 Å². The molecular weight excluding hydrogens is 334 g/mol. The molecule has 0 saturated heterocycles. The molecule has 0 spiro atoms. The van der Waals surface area contributed by atoms with Gasteiger partial charge in [0.25, 0.3) is 0 Å². The molecule has 0 aromatic carbocycles. The second-order valence-corrected chi connectivity index (χ2v) is 7.21. The molecule has 1 aliphatic rings. The number of hydrogen-bond donors (Lipinski definition) is 1. The number of aryl methyl sites for hydroxylation is 1. The van der Waals surface area contributed by atoms with E-state index in [0.717, 1.165) is 35.5 Å². The standard InChI is InChI=1S/C18H19N5OS/c24-17(20-9-11-23-10-1-6-21-23)14-2-3-16-15(12-14)22-18(25-16)13-4-7-19-8-5-13/h1,4-8,10,14H,2-3,9,11-12H2,(H,20,24). The minimum absolute atomic E-state index is 0.0116. The number of pyridine rings is 1. The van der Waals surface area contributed by atoms with Crippen LogP contribution in [-0.2, 0) is 24.2 Å². The number of nitrogens with zero attached hydrogens (tertiary/aromatic N) is 4. The Labute approximate surface area is 149 Å². The van der Waals surface area contributed by atoms with E-state index < -0.39 is 0 Å². The predicted molar refractivity (Wildman–Crippen MR) is 96.1 cm³/mol. The average Bonchev–Trinajstić information content (AvgIpc) is 3.31. The fraction of sp³-hybridized carbons (Fsp3) is 0.333. The highest BCUT2D eigenvalue weighted by molar-refractivity contribution is 7.15. The number of carbonyl (C=O) groups excluding carboxylic acids is 1. The summed E-state index contributed by atoms with van der Waals surface area (Å²) in [6.45, 7) is 1.29. The van der Waals surface area contributed by atoms with Crippen molar-refractivity contribution in [3.8, 4) is 10.6 Å². The lowest BCUT2D eigenvalue weighted by molar-refractivity contribution is -0.125. The number of aromatic nitrogens is 4. The van der Waals surface area contributed by atoms with Crippen LogP contribution >= 0.6 is 11.3 Å². The summed E-state index contributed by atoms with van der Waals surface area (Å²) in [5.74, 6) is 0.133. The van der Waals surface area contributed by atoms with Crippen LogP contribution in [0.1, 0.15) is 17.0 Å². The molecule has 0 saturated carbocycles. The fourth-order valence-electron chi connectivity index (χ4n) is 3.09. The molecule has 6 nitrogen and oxygen atoms in total. The van der Waals surface area contributed by atoms with Crippen LogP contribution in [0.25, 0.3) is 10.6 Å². The van der Waals surface area contributed by atoms with Gasteiger partial charge in [0.2, 0.25) is 5.91 Å². The van der Waals surface area contributed by atoms with Gasteiger partial charge in [0, 0.05) is 54.1 Å². The van der Waals surface area contributed by atoms with Crippen molar-refractivity contribution >= 4 is 17.2 Å². The van der Waals surface area contributed by atoms with Gasteiger partial charge < -0.3 is 5.32 Å². The van der Waals surface area contributed by atoms with Crippen LogP contribution in [0.4, 0.5) is 0 Å². The van der Waals surface area contributed by atoms with Crippen molar-refractivity contribution in [2.45, 2.75) is 25.8 Å². The molecule has 0 aliphatic heterocycles. The molecule has 1 amide bonds. The molecule has 1 aliphatic carbocycles. The zero-order chi connectivity index (χ0) is 17.1. The van der Waals surface area contributed by atoms with Gasteiger partial charge in [0.1, 0.15) is 5.01 Å². The van der Waals surface area contributed by atoms with Crippen LogP contribution in [0.3, 0.4) is 0 Å². The van der Waals surface area contributed by atoms with Crippen molar-refractivity contribution in [2.75, 3.05) is 6.54 Å². The van der Waals surface area contributed by atoms with Crippen LogP contribution in [0, 0.1) is 5.92 Å². The Morgan fingerprint density at radius 2 is 2.20 bits per heavy atom. The molecule has 128 valence electrons. The third-order valence-corrected chi connectivity index (χ3v) is 5.64. The van der Waals surface area contributed by atoms with E-state index in [1.54, 1.807) is 29.9 Å². The van der Waals surface area contributed by atoms with Crippen molar-refractivity contribution in [3.63, 3.8) is 0 Å². The summed E-state index contributed by atoms with van der Waals surface area (Å²) >= 11 is 1.74. The fourth-order valence-corrected chi connectivity index (χ4v) is 4.20. The van der Waals surface area contributed by atoms with Crippen LogP contribution < -0.4 is 5.32 Å². The Morgan fingerprint density at radius 3 is 3.00 bits per heavy atom. The molecule has 3 aromatic heterocycles. The highest BCUT2D eigenvalue weighted by Gasteiger charge is 2.27. The van der Waals surface area contributed by atoms with E-state index >= 15 is 0 Å². The minimum atomic E-state index is 0.0116. The SMILES string of the molecule is O=C(NCCn1cccn1)C1CCc2sc(-c3ccncc3)nc2C1. The van der Waals surface area contributed by atoms with Crippen molar-refractivity contribution in [2.24, 2.45) is 5.92 Å². The summed E-state index contributed by atoms with van der Waals surface area (Å²) in [4.78, 5) is 22.6.